The number of hydrogen-bond donors (Lipinski definition) is 1. The van der Waals surface area contributed by atoms with E-state index in [1.54, 1.807) is 0 Å². The fraction of sp³-hybridized carbons (Fsp3) is 0.467. The van der Waals surface area contributed by atoms with Crippen LogP contribution in [0.15, 0.2) is 24.4 Å². The molecule has 0 radical (unpaired) electrons. The van der Waals surface area contributed by atoms with Crippen LogP contribution in [0.5, 0.6) is 0 Å². The summed E-state index contributed by atoms with van der Waals surface area (Å²) >= 11 is 6.26. The van der Waals surface area contributed by atoms with E-state index in [0.29, 0.717) is 6.04 Å². The summed E-state index contributed by atoms with van der Waals surface area (Å²) in [5, 5.41) is 5.78. The van der Waals surface area contributed by atoms with Crippen LogP contribution in [0.25, 0.3) is 10.9 Å². The lowest BCUT2D eigenvalue weighted by Gasteiger charge is -2.10. The number of rotatable bonds is 3. The Kier molecular flexibility index (Phi) is 3.31. The molecule has 1 saturated carbocycles. The maximum absolute atomic E-state index is 6.26. The molecule has 0 saturated heterocycles. The van der Waals surface area contributed by atoms with Gasteiger partial charge < -0.3 is 9.88 Å². The second-order valence-electron chi connectivity index (χ2n) is 5.26. The zero-order valence-corrected chi connectivity index (χ0v) is 11.5. The first-order valence-electron chi connectivity index (χ1n) is 6.71. The molecule has 1 fully saturated rings. The van der Waals surface area contributed by atoms with Gasteiger partial charge in [0.15, 0.2) is 0 Å². The van der Waals surface area contributed by atoms with Crippen LogP contribution in [0.4, 0.5) is 0 Å². The van der Waals surface area contributed by atoms with Crippen molar-refractivity contribution in [3.8, 4) is 0 Å². The zero-order chi connectivity index (χ0) is 12.5. The van der Waals surface area contributed by atoms with Crippen LogP contribution < -0.4 is 5.32 Å². The van der Waals surface area contributed by atoms with Gasteiger partial charge in [-0.3, -0.25) is 0 Å². The van der Waals surface area contributed by atoms with E-state index >= 15 is 0 Å². The van der Waals surface area contributed by atoms with Crippen LogP contribution in [0.3, 0.4) is 0 Å². The molecule has 0 aliphatic heterocycles. The standard InChI is InChI=1S/C15H19ClN2/c1-18-10-11(9-17-12-5-2-3-6-12)13-7-4-8-14(16)15(13)18/h4,7-8,10,12,17H,2-3,5-6,9H2,1H3. The van der Waals surface area contributed by atoms with Gasteiger partial charge in [-0.2, -0.15) is 0 Å². The summed E-state index contributed by atoms with van der Waals surface area (Å²) in [5.74, 6) is 0. The summed E-state index contributed by atoms with van der Waals surface area (Å²) < 4.78 is 2.13. The van der Waals surface area contributed by atoms with Crippen molar-refractivity contribution in [1.82, 2.24) is 9.88 Å². The highest BCUT2D eigenvalue weighted by molar-refractivity contribution is 6.35. The van der Waals surface area contributed by atoms with Crippen molar-refractivity contribution in [3.63, 3.8) is 0 Å². The van der Waals surface area contributed by atoms with E-state index in [-0.39, 0.29) is 0 Å². The largest absolute Gasteiger partial charge is 0.349 e. The minimum Gasteiger partial charge on any atom is -0.349 e. The molecule has 1 heterocycles. The van der Waals surface area contributed by atoms with Crippen molar-refractivity contribution in [1.29, 1.82) is 0 Å². The second-order valence-corrected chi connectivity index (χ2v) is 5.67. The third kappa shape index (κ3) is 2.15. The first-order valence-corrected chi connectivity index (χ1v) is 7.09. The molecule has 0 spiro atoms. The molecule has 2 aromatic rings. The van der Waals surface area contributed by atoms with Crippen molar-refractivity contribution >= 4 is 22.5 Å². The fourth-order valence-electron chi connectivity index (χ4n) is 3.03. The summed E-state index contributed by atoms with van der Waals surface area (Å²) in [5.41, 5.74) is 2.49. The highest BCUT2D eigenvalue weighted by Gasteiger charge is 2.15. The maximum Gasteiger partial charge on any atom is 0.0670 e. The van der Waals surface area contributed by atoms with Gasteiger partial charge in [-0.15, -0.1) is 0 Å². The molecule has 96 valence electrons. The predicted octanol–water partition coefficient (Wildman–Crippen LogP) is 3.86. The van der Waals surface area contributed by atoms with Crippen molar-refractivity contribution in [3.05, 3.63) is 35.0 Å². The Balaban J connectivity index is 1.85. The van der Waals surface area contributed by atoms with Crippen LogP contribution in [0, 0.1) is 0 Å². The van der Waals surface area contributed by atoms with E-state index in [0.717, 1.165) is 17.1 Å². The molecule has 1 N–H and O–H groups in total. The minimum atomic E-state index is 0.708. The molecule has 3 rings (SSSR count). The average molecular weight is 263 g/mol. The van der Waals surface area contributed by atoms with Crippen molar-refractivity contribution in [2.24, 2.45) is 7.05 Å². The van der Waals surface area contributed by atoms with Gasteiger partial charge in [0.1, 0.15) is 0 Å². The first-order chi connectivity index (χ1) is 8.75. The smallest absolute Gasteiger partial charge is 0.0670 e. The quantitative estimate of drug-likeness (QED) is 0.889. The molecule has 1 aliphatic rings. The van der Waals surface area contributed by atoms with Crippen LogP contribution in [-0.2, 0) is 13.6 Å². The number of halogens is 1. The second kappa shape index (κ2) is 4.94. The highest BCUT2D eigenvalue weighted by atomic mass is 35.5. The van der Waals surface area contributed by atoms with E-state index in [1.165, 1.54) is 36.6 Å². The Morgan fingerprint density at radius 1 is 1.33 bits per heavy atom. The van der Waals surface area contributed by atoms with Gasteiger partial charge in [-0.1, -0.05) is 36.6 Å². The monoisotopic (exact) mass is 262 g/mol. The van der Waals surface area contributed by atoms with E-state index < -0.39 is 0 Å². The normalized spacial score (nSPS) is 16.8. The molecule has 1 aliphatic carbocycles. The Hall–Kier alpha value is -0.990. The molecule has 0 bridgehead atoms. The van der Waals surface area contributed by atoms with E-state index in [9.17, 15) is 0 Å². The van der Waals surface area contributed by atoms with Gasteiger partial charge in [0.05, 0.1) is 10.5 Å². The van der Waals surface area contributed by atoms with Gasteiger partial charge in [-0.05, 0) is 24.5 Å². The van der Waals surface area contributed by atoms with E-state index in [1.807, 2.05) is 12.1 Å². The van der Waals surface area contributed by atoms with Gasteiger partial charge in [0, 0.05) is 31.2 Å². The number of aryl methyl sites for hydroxylation is 1. The number of nitrogens with one attached hydrogen (secondary N) is 1. The summed E-state index contributed by atoms with van der Waals surface area (Å²) in [4.78, 5) is 0. The van der Waals surface area contributed by atoms with Crippen LogP contribution in [0.2, 0.25) is 5.02 Å². The number of benzene rings is 1. The van der Waals surface area contributed by atoms with Crippen LogP contribution in [0.1, 0.15) is 31.2 Å². The molecular formula is C15H19ClN2. The Morgan fingerprint density at radius 2 is 2.11 bits per heavy atom. The lowest BCUT2D eigenvalue weighted by molar-refractivity contribution is 0.525. The van der Waals surface area contributed by atoms with Crippen LogP contribution in [-0.4, -0.2) is 10.6 Å². The molecule has 0 unspecified atom stereocenters. The average Bonchev–Trinajstić information content (AvgIpc) is 2.96. The topological polar surface area (TPSA) is 17.0 Å². The molecule has 0 amide bonds. The Bertz CT molecular complexity index is 553. The molecule has 2 nitrogen and oxygen atoms in total. The Labute approximate surface area is 113 Å². The zero-order valence-electron chi connectivity index (χ0n) is 10.7. The Morgan fingerprint density at radius 3 is 2.89 bits per heavy atom. The van der Waals surface area contributed by atoms with E-state index in [2.05, 4.69) is 29.2 Å². The highest BCUT2D eigenvalue weighted by Crippen LogP contribution is 2.27. The molecule has 1 aromatic carbocycles. The third-order valence-electron chi connectivity index (χ3n) is 3.97. The summed E-state index contributed by atoms with van der Waals surface area (Å²) in [6, 6.07) is 6.86. The lowest BCUT2D eigenvalue weighted by atomic mass is 10.1. The molecule has 3 heteroatoms. The molecular weight excluding hydrogens is 244 g/mol. The summed E-state index contributed by atoms with van der Waals surface area (Å²) in [6.07, 6.45) is 7.59. The first kappa shape index (κ1) is 12.1. The van der Waals surface area contributed by atoms with Crippen molar-refractivity contribution < 1.29 is 0 Å². The SMILES string of the molecule is Cn1cc(CNC2CCCC2)c2cccc(Cl)c21. The fourth-order valence-corrected chi connectivity index (χ4v) is 3.33. The van der Waals surface area contributed by atoms with E-state index in [4.69, 9.17) is 11.6 Å². The predicted molar refractivity (Wildman–Crippen MR) is 77.0 cm³/mol. The molecule has 0 atom stereocenters. The van der Waals surface area contributed by atoms with Gasteiger partial charge in [0.2, 0.25) is 0 Å². The summed E-state index contributed by atoms with van der Waals surface area (Å²) in [6.45, 7) is 0.947. The van der Waals surface area contributed by atoms with Gasteiger partial charge in [-0.25, -0.2) is 0 Å². The number of fused-ring (bicyclic) bond motifs is 1. The lowest BCUT2D eigenvalue weighted by Crippen LogP contribution is -2.25. The number of para-hydroxylation sites is 1. The summed E-state index contributed by atoms with van der Waals surface area (Å²) in [7, 11) is 2.06. The van der Waals surface area contributed by atoms with Gasteiger partial charge in [0.25, 0.3) is 0 Å². The third-order valence-corrected chi connectivity index (χ3v) is 4.28. The van der Waals surface area contributed by atoms with Gasteiger partial charge >= 0.3 is 0 Å². The maximum atomic E-state index is 6.26. The number of nitrogens with zero attached hydrogens (tertiary/aromatic N) is 1. The minimum absolute atomic E-state index is 0.708. The molecule has 18 heavy (non-hydrogen) atoms. The number of hydrogen-bond acceptors (Lipinski definition) is 1. The van der Waals surface area contributed by atoms with Crippen molar-refractivity contribution in [2.75, 3.05) is 0 Å². The van der Waals surface area contributed by atoms with Crippen molar-refractivity contribution in [2.45, 2.75) is 38.3 Å². The van der Waals surface area contributed by atoms with Crippen LogP contribution >= 0.6 is 11.6 Å². The molecule has 1 aromatic heterocycles. The number of aromatic nitrogens is 1.